The molecule has 0 bridgehead atoms. The largest absolute Gasteiger partial charge is 0.325 e. The Balaban J connectivity index is 2.33. The molecule has 2 N–H and O–H groups in total. The molecule has 0 unspecified atom stereocenters. The summed E-state index contributed by atoms with van der Waals surface area (Å²) >= 11 is 5.89. The molecule has 1 aromatic carbocycles. The van der Waals surface area contributed by atoms with Gasteiger partial charge in [0.25, 0.3) is 5.56 Å². The van der Waals surface area contributed by atoms with Crippen molar-refractivity contribution < 1.29 is 0 Å². The SMILES string of the molecule is CCc1cc(=O)[nH]c(Nc2ccc(Cl)cc2C)n1. The number of benzene rings is 1. The van der Waals surface area contributed by atoms with Gasteiger partial charge in [-0.15, -0.1) is 0 Å². The number of rotatable bonds is 3. The number of halogens is 1. The molecule has 0 aliphatic rings. The molecular formula is C13H14ClN3O. The van der Waals surface area contributed by atoms with Crippen LogP contribution >= 0.6 is 11.6 Å². The summed E-state index contributed by atoms with van der Waals surface area (Å²) in [7, 11) is 0. The standard InChI is InChI=1S/C13H14ClN3O/c1-3-10-7-12(18)17-13(15-10)16-11-5-4-9(14)6-8(11)2/h4-7H,3H2,1-2H3,(H2,15,16,17,18). The molecule has 0 saturated carbocycles. The highest BCUT2D eigenvalue weighted by atomic mass is 35.5. The summed E-state index contributed by atoms with van der Waals surface area (Å²) in [4.78, 5) is 18.4. The molecule has 0 aliphatic heterocycles. The van der Waals surface area contributed by atoms with Crippen LogP contribution < -0.4 is 10.9 Å². The van der Waals surface area contributed by atoms with Crippen LogP contribution in [0.5, 0.6) is 0 Å². The Labute approximate surface area is 110 Å². The van der Waals surface area contributed by atoms with E-state index in [-0.39, 0.29) is 5.56 Å². The average Bonchev–Trinajstić information content (AvgIpc) is 2.32. The lowest BCUT2D eigenvalue weighted by Gasteiger charge is -2.09. The van der Waals surface area contributed by atoms with Crippen LogP contribution in [0.4, 0.5) is 11.6 Å². The van der Waals surface area contributed by atoms with Gasteiger partial charge in [-0.1, -0.05) is 18.5 Å². The molecule has 94 valence electrons. The first kappa shape index (κ1) is 12.6. The zero-order valence-corrected chi connectivity index (χ0v) is 11.0. The minimum absolute atomic E-state index is 0.157. The van der Waals surface area contributed by atoms with E-state index in [9.17, 15) is 4.79 Å². The first-order valence-electron chi connectivity index (χ1n) is 5.72. The van der Waals surface area contributed by atoms with E-state index in [0.29, 0.717) is 11.0 Å². The van der Waals surface area contributed by atoms with Crippen LogP contribution in [0.1, 0.15) is 18.2 Å². The summed E-state index contributed by atoms with van der Waals surface area (Å²) in [6, 6.07) is 7.00. The number of anilines is 2. The molecule has 0 radical (unpaired) electrons. The third-order valence-electron chi connectivity index (χ3n) is 2.60. The fraction of sp³-hybridized carbons (Fsp3) is 0.231. The molecule has 4 nitrogen and oxygen atoms in total. The van der Waals surface area contributed by atoms with Crippen molar-refractivity contribution in [1.29, 1.82) is 0 Å². The highest BCUT2D eigenvalue weighted by Crippen LogP contribution is 2.21. The molecule has 1 aromatic heterocycles. The van der Waals surface area contributed by atoms with Crippen LogP contribution in [-0.2, 0) is 6.42 Å². The fourth-order valence-electron chi connectivity index (χ4n) is 1.64. The summed E-state index contributed by atoms with van der Waals surface area (Å²) in [5.74, 6) is 0.449. The molecule has 5 heteroatoms. The Bertz CT molecular complexity index is 622. The van der Waals surface area contributed by atoms with Crippen molar-refractivity contribution in [2.75, 3.05) is 5.32 Å². The molecular weight excluding hydrogens is 250 g/mol. The van der Waals surface area contributed by atoms with E-state index >= 15 is 0 Å². The van der Waals surface area contributed by atoms with Gasteiger partial charge in [0.1, 0.15) is 0 Å². The number of aryl methyl sites for hydroxylation is 2. The minimum Gasteiger partial charge on any atom is -0.325 e. The zero-order chi connectivity index (χ0) is 13.1. The molecule has 1 heterocycles. The third-order valence-corrected chi connectivity index (χ3v) is 2.83. The Morgan fingerprint density at radius 2 is 2.17 bits per heavy atom. The Morgan fingerprint density at radius 3 is 2.83 bits per heavy atom. The molecule has 0 amide bonds. The van der Waals surface area contributed by atoms with Crippen molar-refractivity contribution in [3.8, 4) is 0 Å². The molecule has 2 rings (SSSR count). The molecule has 0 spiro atoms. The van der Waals surface area contributed by atoms with Crippen LogP contribution in [-0.4, -0.2) is 9.97 Å². The van der Waals surface area contributed by atoms with Gasteiger partial charge in [0.05, 0.1) is 0 Å². The quantitative estimate of drug-likeness (QED) is 0.895. The van der Waals surface area contributed by atoms with Gasteiger partial charge < -0.3 is 5.32 Å². The lowest BCUT2D eigenvalue weighted by atomic mass is 10.2. The average molecular weight is 264 g/mol. The summed E-state index contributed by atoms with van der Waals surface area (Å²) in [6.07, 6.45) is 0.720. The Kier molecular flexibility index (Phi) is 3.67. The van der Waals surface area contributed by atoms with Crippen LogP contribution in [0.25, 0.3) is 0 Å². The van der Waals surface area contributed by atoms with E-state index in [0.717, 1.165) is 23.4 Å². The van der Waals surface area contributed by atoms with E-state index in [1.165, 1.54) is 6.07 Å². The first-order chi connectivity index (χ1) is 8.58. The van der Waals surface area contributed by atoms with Gasteiger partial charge in [-0.2, -0.15) is 0 Å². The molecule has 18 heavy (non-hydrogen) atoms. The van der Waals surface area contributed by atoms with E-state index in [1.54, 1.807) is 6.07 Å². The van der Waals surface area contributed by atoms with Crippen LogP contribution in [0.15, 0.2) is 29.1 Å². The van der Waals surface area contributed by atoms with Gasteiger partial charge in [0.15, 0.2) is 0 Å². The van der Waals surface area contributed by atoms with Crippen LogP contribution in [0.3, 0.4) is 0 Å². The van der Waals surface area contributed by atoms with Gasteiger partial charge >= 0.3 is 0 Å². The van der Waals surface area contributed by atoms with Crippen molar-refractivity contribution in [1.82, 2.24) is 9.97 Å². The van der Waals surface area contributed by atoms with Crippen molar-refractivity contribution in [2.45, 2.75) is 20.3 Å². The van der Waals surface area contributed by atoms with Gasteiger partial charge in [-0.05, 0) is 37.1 Å². The first-order valence-corrected chi connectivity index (χ1v) is 6.09. The smallest absolute Gasteiger partial charge is 0.252 e. The second kappa shape index (κ2) is 5.23. The summed E-state index contributed by atoms with van der Waals surface area (Å²) in [5, 5.41) is 3.77. The second-order valence-corrected chi connectivity index (χ2v) is 4.46. The molecule has 2 aromatic rings. The monoisotopic (exact) mass is 263 g/mol. The summed E-state index contributed by atoms with van der Waals surface area (Å²) < 4.78 is 0. The minimum atomic E-state index is -0.157. The number of aromatic amines is 1. The lowest BCUT2D eigenvalue weighted by molar-refractivity contribution is 0.985. The summed E-state index contributed by atoms with van der Waals surface area (Å²) in [6.45, 7) is 3.90. The van der Waals surface area contributed by atoms with Crippen molar-refractivity contribution >= 4 is 23.2 Å². The van der Waals surface area contributed by atoms with E-state index in [1.807, 2.05) is 26.0 Å². The lowest BCUT2D eigenvalue weighted by Crippen LogP contribution is -2.12. The van der Waals surface area contributed by atoms with Crippen LogP contribution in [0, 0.1) is 6.92 Å². The predicted octanol–water partition coefficient (Wildman–Crippen LogP) is 3.04. The molecule has 0 fully saturated rings. The molecule has 0 atom stereocenters. The molecule has 0 aliphatic carbocycles. The highest BCUT2D eigenvalue weighted by Gasteiger charge is 2.03. The predicted molar refractivity (Wildman–Crippen MR) is 73.7 cm³/mol. The fourth-order valence-corrected chi connectivity index (χ4v) is 1.87. The third kappa shape index (κ3) is 2.90. The van der Waals surface area contributed by atoms with E-state index in [2.05, 4.69) is 15.3 Å². The van der Waals surface area contributed by atoms with Crippen molar-refractivity contribution in [3.05, 3.63) is 50.9 Å². The molecule has 0 saturated heterocycles. The Morgan fingerprint density at radius 1 is 1.39 bits per heavy atom. The number of hydrogen-bond acceptors (Lipinski definition) is 3. The number of nitrogens with zero attached hydrogens (tertiary/aromatic N) is 1. The number of hydrogen-bond donors (Lipinski definition) is 2. The highest BCUT2D eigenvalue weighted by molar-refractivity contribution is 6.30. The van der Waals surface area contributed by atoms with Gasteiger partial charge in [0, 0.05) is 22.5 Å². The topological polar surface area (TPSA) is 57.8 Å². The summed E-state index contributed by atoms with van der Waals surface area (Å²) in [5.41, 5.74) is 2.46. The van der Waals surface area contributed by atoms with Crippen molar-refractivity contribution in [3.63, 3.8) is 0 Å². The maximum atomic E-state index is 11.4. The van der Waals surface area contributed by atoms with E-state index in [4.69, 9.17) is 11.6 Å². The number of nitrogens with one attached hydrogen (secondary N) is 2. The van der Waals surface area contributed by atoms with E-state index < -0.39 is 0 Å². The van der Waals surface area contributed by atoms with Crippen molar-refractivity contribution in [2.24, 2.45) is 0 Å². The van der Waals surface area contributed by atoms with Crippen LogP contribution in [0.2, 0.25) is 5.02 Å². The van der Waals surface area contributed by atoms with Gasteiger partial charge in [-0.25, -0.2) is 4.98 Å². The normalized spacial score (nSPS) is 10.4. The maximum absolute atomic E-state index is 11.4. The number of H-pyrrole nitrogens is 1. The maximum Gasteiger partial charge on any atom is 0.252 e. The zero-order valence-electron chi connectivity index (χ0n) is 10.2. The second-order valence-electron chi connectivity index (χ2n) is 4.02. The van der Waals surface area contributed by atoms with Gasteiger partial charge in [0.2, 0.25) is 5.95 Å². The Hall–Kier alpha value is -1.81. The van der Waals surface area contributed by atoms with Gasteiger partial charge in [-0.3, -0.25) is 9.78 Å². The number of aromatic nitrogens is 2.